The highest BCUT2D eigenvalue weighted by atomic mass is 16.6. The Morgan fingerprint density at radius 2 is 1.67 bits per heavy atom. The Balaban J connectivity index is 3.23. The lowest BCUT2D eigenvalue weighted by Gasteiger charge is -2.09. The second-order valence-electron chi connectivity index (χ2n) is 4.23. The summed E-state index contributed by atoms with van der Waals surface area (Å²) in [6.07, 6.45) is 1.18. The van der Waals surface area contributed by atoms with Crippen LogP contribution < -0.4 is 0 Å². The molecule has 0 atom stereocenters. The molecule has 0 saturated heterocycles. The van der Waals surface area contributed by atoms with E-state index in [4.69, 9.17) is 9.47 Å². The standard InChI is InChI=1S/C14H17NO6/c1-3-8-20-13(16)10-6-5-7-11(15(18)19)12(10)14(17)21-9-4-2/h5-7H,3-4,8-9H2,1-2H3. The van der Waals surface area contributed by atoms with Crippen LogP contribution in [0.2, 0.25) is 0 Å². The molecule has 1 rings (SSSR count). The molecular formula is C14H17NO6. The highest BCUT2D eigenvalue weighted by Gasteiger charge is 2.29. The van der Waals surface area contributed by atoms with Gasteiger partial charge in [-0.2, -0.15) is 0 Å². The fourth-order valence-electron chi connectivity index (χ4n) is 1.62. The molecule has 0 spiro atoms. The Bertz CT molecular complexity index is 540. The smallest absolute Gasteiger partial charge is 0.346 e. The van der Waals surface area contributed by atoms with Crippen molar-refractivity contribution >= 4 is 17.6 Å². The minimum Gasteiger partial charge on any atom is -0.462 e. The Morgan fingerprint density at radius 1 is 1.10 bits per heavy atom. The molecule has 7 nitrogen and oxygen atoms in total. The molecule has 0 bridgehead atoms. The molecule has 21 heavy (non-hydrogen) atoms. The van der Waals surface area contributed by atoms with E-state index in [0.29, 0.717) is 12.8 Å². The van der Waals surface area contributed by atoms with E-state index in [1.807, 2.05) is 6.92 Å². The number of nitro groups is 1. The van der Waals surface area contributed by atoms with Gasteiger partial charge in [0.1, 0.15) is 0 Å². The van der Waals surface area contributed by atoms with E-state index < -0.39 is 22.5 Å². The summed E-state index contributed by atoms with van der Waals surface area (Å²) in [5.74, 6) is -1.67. The molecule has 0 aliphatic rings. The van der Waals surface area contributed by atoms with Crippen LogP contribution in [-0.4, -0.2) is 30.1 Å². The van der Waals surface area contributed by atoms with Crippen LogP contribution in [0.15, 0.2) is 18.2 Å². The molecule has 0 aromatic heterocycles. The SMILES string of the molecule is CCCOC(=O)c1cccc([N+](=O)[O-])c1C(=O)OCCC. The van der Waals surface area contributed by atoms with Crippen LogP contribution in [-0.2, 0) is 9.47 Å². The highest BCUT2D eigenvalue weighted by Crippen LogP contribution is 2.24. The Morgan fingerprint density at radius 3 is 2.19 bits per heavy atom. The van der Waals surface area contributed by atoms with E-state index in [0.717, 1.165) is 6.07 Å². The first kappa shape index (κ1) is 16.6. The summed E-state index contributed by atoms with van der Waals surface area (Å²) in [5, 5.41) is 11.0. The van der Waals surface area contributed by atoms with Gasteiger partial charge in [0, 0.05) is 6.07 Å². The third-order valence-corrected chi connectivity index (χ3v) is 2.54. The van der Waals surface area contributed by atoms with Gasteiger partial charge in [0.05, 0.1) is 23.7 Å². The number of nitrogens with zero attached hydrogens (tertiary/aromatic N) is 1. The summed E-state index contributed by atoms with van der Waals surface area (Å²) in [5.41, 5.74) is -0.988. The van der Waals surface area contributed by atoms with Gasteiger partial charge in [-0.3, -0.25) is 10.1 Å². The molecule has 0 fully saturated rings. The maximum Gasteiger partial charge on any atom is 0.346 e. The normalized spacial score (nSPS) is 10.0. The van der Waals surface area contributed by atoms with Crippen molar-refractivity contribution in [1.29, 1.82) is 0 Å². The summed E-state index contributed by atoms with van der Waals surface area (Å²) >= 11 is 0. The molecule has 114 valence electrons. The van der Waals surface area contributed by atoms with Crippen molar-refractivity contribution in [3.63, 3.8) is 0 Å². The largest absolute Gasteiger partial charge is 0.462 e. The molecule has 0 N–H and O–H groups in total. The van der Waals surface area contributed by atoms with Crippen molar-refractivity contribution in [2.45, 2.75) is 26.7 Å². The van der Waals surface area contributed by atoms with Crippen molar-refractivity contribution in [2.75, 3.05) is 13.2 Å². The summed E-state index contributed by atoms with van der Waals surface area (Å²) in [6.45, 7) is 3.90. The van der Waals surface area contributed by atoms with E-state index in [2.05, 4.69) is 0 Å². The molecular weight excluding hydrogens is 278 g/mol. The Hall–Kier alpha value is -2.44. The predicted molar refractivity (Wildman–Crippen MR) is 74.2 cm³/mol. The number of benzene rings is 1. The van der Waals surface area contributed by atoms with Crippen LogP contribution in [0.4, 0.5) is 5.69 Å². The third-order valence-electron chi connectivity index (χ3n) is 2.54. The molecule has 0 saturated carbocycles. The maximum atomic E-state index is 12.0. The lowest BCUT2D eigenvalue weighted by molar-refractivity contribution is -0.385. The van der Waals surface area contributed by atoms with Gasteiger partial charge in [0.25, 0.3) is 5.69 Å². The number of hydrogen-bond acceptors (Lipinski definition) is 6. The first-order valence-corrected chi connectivity index (χ1v) is 6.64. The van der Waals surface area contributed by atoms with Gasteiger partial charge >= 0.3 is 11.9 Å². The summed E-state index contributed by atoms with van der Waals surface area (Å²) < 4.78 is 9.85. The number of rotatable bonds is 7. The van der Waals surface area contributed by atoms with Crippen molar-refractivity contribution in [3.05, 3.63) is 39.4 Å². The van der Waals surface area contributed by atoms with Gasteiger partial charge in [-0.15, -0.1) is 0 Å². The van der Waals surface area contributed by atoms with E-state index >= 15 is 0 Å². The molecule has 0 radical (unpaired) electrons. The zero-order chi connectivity index (χ0) is 15.8. The van der Waals surface area contributed by atoms with E-state index in [1.165, 1.54) is 12.1 Å². The van der Waals surface area contributed by atoms with Crippen molar-refractivity contribution in [2.24, 2.45) is 0 Å². The zero-order valence-electron chi connectivity index (χ0n) is 12.0. The Labute approximate surface area is 122 Å². The summed E-state index contributed by atoms with van der Waals surface area (Å²) in [7, 11) is 0. The number of hydrogen-bond donors (Lipinski definition) is 0. The van der Waals surface area contributed by atoms with Crippen LogP contribution in [0.5, 0.6) is 0 Å². The van der Waals surface area contributed by atoms with Gasteiger partial charge in [0.2, 0.25) is 0 Å². The van der Waals surface area contributed by atoms with E-state index in [1.54, 1.807) is 6.92 Å². The molecule has 1 aromatic rings. The summed E-state index contributed by atoms with van der Waals surface area (Å²) in [4.78, 5) is 34.2. The zero-order valence-corrected chi connectivity index (χ0v) is 12.0. The maximum absolute atomic E-state index is 12.0. The average molecular weight is 295 g/mol. The molecule has 0 unspecified atom stereocenters. The quantitative estimate of drug-likeness (QED) is 0.436. The van der Waals surface area contributed by atoms with Gasteiger partial charge in [-0.1, -0.05) is 19.9 Å². The van der Waals surface area contributed by atoms with Crippen molar-refractivity contribution in [3.8, 4) is 0 Å². The van der Waals surface area contributed by atoms with Gasteiger partial charge in [0.15, 0.2) is 5.56 Å². The predicted octanol–water partition coefficient (Wildman–Crippen LogP) is 2.73. The first-order chi connectivity index (χ1) is 10.0. The first-order valence-electron chi connectivity index (χ1n) is 6.64. The minimum absolute atomic E-state index is 0.119. The number of ether oxygens (including phenoxy) is 2. The lowest BCUT2D eigenvalue weighted by Crippen LogP contribution is -2.16. The second-order valence-corrected chi connectivity index (χ2v) is 4.23. The topological polar surface area (TPSA) is 95.7 Å². The number of esters is 2. The second kappa shape index (κ2) is 7.98. The highest BCUT2D eigenvalue weighted by molar-refractivity contribution is 6.06. The monoisotopic (exact) mass is 295 g/mol. The summed E-state index contributed by atoms with van der Waals surface area (Å²) in [6, 6.07) is 3.80. The van der Waals surface area contributed by atoms with E-state index in [9.17, 15) is 19.7 Å². The molecule has 0 aliphatic carbocycles. The third kappa shape index (κ3) is 4.27. The van der Waals surface area contributed by atoms with Crippen LogP contribution in [0.3, 0.4) is 0 Å². The van der Waals surface area contributed by atoms with Crippen LogP contribution >= 0.6 is 0 Å². The number of nitro benzene ring substituents is 1. The molecule has 0 aliphatic heterocycles. The molecule has 1 aromatic carbocycles. The fraction of sp³-hybridized carbons (Fsp3) is 0.429. The van der Waals surface area contributed by atoms with Crippen LogP contribution in [0.25, 0.3) is 0 Å². The van der Waals surface area contributed by atoms with Crippen LogP contribution in [0.1, 0.15) is 47.4 Å². The molecule has 0 amide bonds. The van der Waals surface area contributed by atoms with Crippen LogP contribution in [0, 0.1) is 10.1 Å². The van der Waals surface area contributed by atoms with Gasteiger partial charge in [-0.25, -0.2) is 9.59 Å². The lowest BCUT2D eigenvalue weighted by atomic mass is 10.1. The number of carbonyl (C=O) groups is 2. The average Bonchev–Trinajstić information content (AvgIpc) is 2.49. The number of carbonyl (C=O) groups excluding carboxylic acids is 2. The Kier molecular flexibility index (Phi) is 6.32. The van der Waals surface area contributed by atoms with Crippen molar-refractivity contribution in [1.82, 2.24) is 0 Å². The fourth-order valence-corrected chi connectivity index (χ4v) is 1.62. The van der Waals surface area contributed by atoms with E-state index in [-0.39, 0.29) is 24.3 Å². The van der Waals surface area contributed by atoms with Crippen molar-refractivity contribution < 1.29 is 24.0 Å². The van der Waals surface area contributed by atoms with Gasteiger partial charge in [-0.05, 0) is 18.9 Å². The van der Waals surface area contributed by atoms with Gasteiger partial charge < -0.3 is 9.47 Å². The molecule has 0 heterocycles. The minimum atomic E-state index is -0.896. The molecule has 7 heteroatoms.